The molecular formula is C50H70N8O15. The molecule has 2 atom stereocenters. The van der Waals surface area contributed by atoms with Gasteiger partial charge in [0.2, 0.25) is 0 Å². The van der Waals surface area contributed by atoms with E-state index < -0.39 is 41.6 Å². The standard InChI is InChI=1S/C20H27N3O5.C17H29N3O4.C13H14N2O6/c21-17(15-22-10-1-2-11-22)18(25)6-4-14-28-13-3-5-16(24)9-12-23-19(26)7-8-20(23)27;1-17(2,3)24-16(22)19-14(13-20-9-4-5-10-20)15(21)7-6-11-23-12-8-18;16-9-4-5-10(17)14(9)8-2-1-3-13(20)21-15-11(18)6-7-12(15)19/h1-2,7-8,10-11,17H,3-6,9,12-15,21H2;4-5,9-10,14H,6-8,11-13,18H2,1-3H3,(H,19,22);4-5H,1-3,6-8H2. The first-order chi connectivity index (χ1) is 34.8. The first-order valence-electron chi connectivity index (χ1n) is 24.3. The number of rotatable bonds is 30. The van der Waals surface area contributed by atoms with Crippen LogP contribution >= 0.6 is 0 Å². The summed E-state index contributed by atoms with van der Waals surface area (Å²) < 4.78 is 19.7. The van der Waals surface area contributed by atoms with Gasteiger partial charge in [-0.05, 0) is 77.1 Å². The van der Waals surface area contributed by atoms with E-state index in [1.165, 1.54) is 24.3 Å². The predicted molar refractivity (Wildman–Crippen MR) is 261 cm³/mol. The monoisotopic (exact) mass is 1020 g/mol. The minimum atomic E-state index is -0.684. The minimum Gasteiger partial charge on any atom is -0.444 e. The van der Waals surface area contributed by atoms with Gasteiger partial charge in [0, 0.05) is 147 Å². The van der Waals surface area contributed by atoms with Crippen LogP contribution in [0.4, 0.5) is 4.79 Å². The SMILES string of the molecule is CC(C)(C)OC(=O)NC(Cn1cccc1)C(=O)CCCOCCN.NC(Cn1cccc1)C(=O)CCCOCCCC(=O)CCN1C(=O)C=CC1=O.O=C(CCCCN1C(=O)C=CC1=O)ON1C(=O)CCC1=O. The molecular weight excluding hydrogens is 953 g/mol. The van der Waals surface area contributed by atoms with E-state index in [1.54, 1.807) is 20.8 Å². The smallest absolute Gasteiger partial charge is 0.408 e. The minimum absolute atomic E-state index is 0.000704. The van der Waals surface area contributed by atoms with Crippen molar-refractivity contribution in [1.29, 1.82) is 0 Å². The molecule has 5 rings (SSSR count). The topological polar surface area (TPSA) is 308 Å². The van der Waals surface area contributed by atoms with Crippen LogP contribution in [0.2, 0.25) is 0 Å². The number of ketones is 3. The lowest BCUT2D eigenvalue weighted by molar-refractivity contribution is -0.197. The van der Waals surface area contributed by atoms with Gasteiger partial charge in [-0.15, -0.1) is 5.06 Å². The molecule has 0 bridgehead atoms. The van der Waals surface area contributed by atoms with E-state index in [1.807, 2.05) is 58.2 Å². The van der Waals surface area contributed by atoms with Crippen molar-refractivity contribution in [3.05, 3.63) is 73.4 Å². The molecule has 0 radical (unpaired) electrons. The molecule has 2 aromatic rings. The number of aromatic nitrogens is 2. The summed E-state index contributed by atoms with van der Waals surface area (Å²) in [6.07, 6.45) is 15.5. The second-order valence-corrected chi connectivity index (χ2v) is 17.9. The van der Waals surface area contributed by atoms with Crippen molar-refractivity contribution in [2.24, 2.45) is 11.5 Å². The van der Waals surface area contributed by atoms with Crippen molar-refractivity contribution >= 4 is 64.9 Å². The molecule has 3 aliphatic heterocycles. The van der Waals surface area contributed by atoms with Crippen LogP contribution in [-0.2, 0) is 80.1 Å². The largest absolute Gasteiger partial charge is 0.444 e. The molecule has 3 aliphatic rings. The van der Waals surface area contributed by atoms with Gasteiger partial charge in [0.15, 0.2) is 11.6 Å². The van der Waals surface area contributed by atoms with Crippen molar-refractivity contribution in [3.63, 3.8) is 0 Å². The first kappa shape index (κ1) is 60.4. The zero-order valence-corrected chi connectivity index (χ0v) is 41.9. The van der Waals surface area contributed by atoms with Crippen LogP contribution in [0.5, 0.6) is 0 Å². The Labute approximate surface area is 424 Å². The molecule has 23 heteroatoms. The molecule has 400 valence electrons. The molecule has 23 nitrogen and oxygen atoms in total. The zero-order chi connectivity index (χ0) is 53.8. The van der Waals surface area contributed by atoms with Gasteiger partial charge in [-0.2, -0.15) is 0 Å². The van der Waals surface area contributed by atoms with Crippen molar-refractivity contribution < 1.29 is 71.8 Å². The Balaban J connectivity index is 0.000000292. The summed E-state index contributed by atoms with van der Waals surface area (Å²) in [6, 6.07) is 6.36. The number of ether oxygens (including phenoxy) is 3. The van der Waals surface area contributed by atoms with Gasteiger partial charge < -0.3 is 45.0 Å². The Hall–Kier alpha value is -6.95. The fraction of sp³-hybridized carbons (Fsp3) is 0.540. The number of hydrogen-bond donors (Lipinski definition) is 3. The highest BCUT2D eigenvalue weighted by Gasteiger charge is 2.33. The first-order valence-corrected chi connectivity index (χ1v) is 24.3. The number of amides is 7. The molecule has 2 aromatic heterocycles. The molecule has 0 aromatic carbocycles. The maximum atomic E-state index is 12.4. The summed E-state index contributed by atoms with van der Waals surface area (Å²) in [5.74, 6) is -3.25. The number of imide groups is 3. The van der Waals surface area contributed by atoms with Gasteiger partial charge in [0.25, 0.3) is 35.4 Å². The number of alkyl carbamates (subject to hydrolysis) is 1. The summed E-state index contributed by atoms with van der Waals surface area (Å²) in [4.78, 5) is 134. The van der Waals surface area contributed by atoms with Crippen molar-refractivity contribution in [1.82, 2.24) is 29.3 Å². The molecule has 0 spiro atoms. The molecule has 7 amide bonds. The molecule has 5 heterocycles. The Morgan fingerprint density at radius 3 is 1.60 bits per heavy atom. The van der Waals surface area contributed by atoms with Crippen LogP contribution in [0.25, 0.3) is 0 Å². The number of carbonyl (C=O) groups is 11. The highest BCUT2D eigenvalue weighted by molar-refractivity contribution is 6.13. The summed E-state index contributed by atoms with van der Waals surface area (Å²) in [7, 11) is 0. The van der Waals surface area contributed by atoms with Crippen LogP contribution < -0.4 is 16.8 Å². The summed E-state index contributed by atoms with van der Waals surface area (Å²) in [5, 5.41) is 3.17. The average Bonchev–Trinajstić information content (AvgIpc) is 4.21. The van der Waals surface area contributed by atoms with Gasteiger partial charge in [-0.25, -0.2) is 9.59 Å². The van der Waals surface area contributed by atoms with E-state index >= 15 is 0 Å². The van der Waals surface area contributed by atoms with E-state index in [2.05, 4.69) is 10.2 Å². The van der Waals surface area contributed by atoms with Gasteiger partial charge in [-0.3, -0.25) is 53.0 Å². The van der Waals surface area contributed by atoms with Crippen LogP contribution in [0, 0.1) is 0 Å². The Morgan fingerprint density at radius 2 is 1.08 bits per heavy atom. The van der Waals surface area contributed by atoms with Gasteiger partial charge >= 0.3 is 12.1 Å². The van der Waals surface area contributed by atoms with E-state index in [0.29, 0.717) is 102 Å². The third kappa shape index (κ3) is 23.9. The van der Waals surface area contributed by atoms with Crippen molar-refractivity contribution in [2.45, 2.75) is 129 Å². The number of Topliss-reactive ketones (excluding diaryl/α,β-unsaturated/α-hetero) is 3. The van der Waals surface area contributed by atoms with Crippen LogP contribution in [0.3, 0.4) is 0 Å². The Morgan fingerprint density at radius 1 is 0.603 bits per heavy atom. The van der Waals surface area contributed by atoms with Gasteiger partial charge in [0.05, 0.1) is 12.6 Å². The number of hydroxylamine groups is 2. The quantitative estimate of drug-likeness (QED) is 0.0746. The molecule has 2 unspecified atom stereocenters. The van der Waals surface area contributed by atoms with Crippen LogP contribution in [-0.4, -0.2) is 153 Å². The molecule has 1 saturated heterocycles. The van der Waals surface area contributed by atoms with Crippen molar-refractivity contribution in [2.75, 3.05) is 46.1 Å². The lowest BCUT2D eigenvalue weighted by Gasteiger charge is -2.23. The third-order valence-corrected chi connectivity index (χ3v) is 10.7. The highest BCUT2D eigenvalue weighted by atomic mass is 16.7. The Bertz CT molecular complexity index is 2180. The van der Waals surface area contributed by atoms with E-state index in [0.717, 1.165) is 9.80 Å². The van der Waals surface area contributed by atoms with Crippen LogP contribution in [0.1, 0.15) is 97.8 Å². The molecule has 73 heavy (non-hydrogen) atoms. The zero-order valence-electron chi connectivity index (χ0n) is 41.9. The summed E-state index contributed by atoms with van der Waals surface area (Å²) >= 11 is 0. The lowest BCUT2D eigenvalue weighted by Crippen LogP contribution is -2.45. The van der Waals surface area contributed by atoms with E-state index in [4.69, 9.17) is 25.7 Å². The fourth-order valence-electron chi connectivity index (χ4n) is 6.93. The molecule has 1 fully saturated rings. The summed E-state index contributed by atoms with van der Waals surface area (Å²) in [5.41, 5.74) is 10.6. The molecule has 0 saturated carbocycles. The predicted octanol–water partition coefficient (Wildman–Crippen LogP) is 2.24. The molecule has 5 N–H and O–H groups in total. The number of nitrogens with zero attached hydrogens (tertiary/aromatic N) is 5. The third-order valence-electron chi connectivity index (χ3n) is 10.7. The second-order valence-electron chi connectivity index (χ2n) is 17.9. The number of unbranched alkanes of at least 4 members (excludes halogenated alkanes) is 1. The summed E-state index contributed by atoms with van der Waals surface area (Å²) in [6.45, 7) is 8.83. The number of nitrogens with two attached hydrogens (primary N) is 2. The maximum absolute atomic E-state index is 12.4. The van der Waals surface area contributed by atoms with Gasteiger partial charge in [-0.1, -0.05) is 0 Å². The number of hydrogen-bond acceptors (Lipinski definition) is 17. The fourth-order valence-corrected chi connectivity index (χ4v) is 6.93. The van der Waals surface area contributed by atoms with Gasteiger partial charge in [0.1, 0.15) is 17.4 Å². The number of carbonyl (C=O) groups excluding carboxylic acids is 11. The highest BCUT2D eigenvalue weighted by Crippen LogP contribution is 2.14. The molecule has 0 aliphatic carbocycles. The van der Waals surface area contributed by atoms with Crippen molar-refractivity contribution in [3.8, 4) is 0 Å². The van der Waals surface area contributed by atoms with E-state index in [-0.39, 0.29) is 79.8 Å². The Kier molecular flexibility index (Phi) is 26.6. The van der Waals surface area contributed by atoms with Crippen LogP contribution in [0.15, 0.2) is 73.4 Å². The number of nitrogens with one attached hydrogen (secondary N) is 1. The normalized spacial score (nSPS) is 15.0. The second kappa shape index (κ2) is 32.2. The maximum Gasteiger partial charge on any atom is 0.408 e. The average molecular weight is 1020 g/mol. The lowest BCUT2D eigenvalue weighted by atomic mass is 10.1. The van der Waals surface area contributed by atoms with E-state index in [9.17, 15) is 52.7 Å².